The summed E-state index contributed by atoms with van der Waals surface area (Å²) in [4.78, 5) is 16.7. The number of rotatable bonds is 8. The largest absolute Gasteiger partial charge is 0.480 e. The molecule has 0 amide bonds. The van der Waals surface area contributed by atoms with E-state index in [1.54, 1.807) is 11.0 Å². The molecule has 18 heavy (non-hydrogen) atoms. The van der Waals surface area contributed by atoms with Crippen LogP contribution in [0.15, 0.2) is 19.0 Å². The zero-order valence-electron chi connectivity index (χ0n) is 10.9. The van der Waals surface area contributed by atoms with Crippen molar-refractivity contribution >= 4 is 5.97 Å². The van der Waals surface area contributed by atoms with Gasteiger partial charge < -0.3 is 5.11 Å². The summed E-state index contributed by atoms with van der Waals surface area (Å²) < 4.78 is 1.82. The van der Waals surface area contributed by atoms with Crippen molar-refractivity contribution in [2.45, 2.75) is 26.9 Å². The van der Waals surface area contributed by atoms with Crippen LogP contribution in [0.2, 0.25) is 0 Å². The second kappa shape index (κ2) is 6.90. The van der Waals surface area contributed by atoms with E-state index in [4.69, 9.17) is 5.11 Å². The maximum Gasteiger partial charge on any atom is 0.317 e. The van der Waals surface area contributed by atoms with Crippen LogP contribution < -0.4 is 0 Å². The first-order valence-corrected chi connectivity index (χ1v) is 5.94. The van der Waals surface area contributed by atoms with Crippen LogP contribution in [0.3, 0.4) is 0 Å². The van der Waals surface area contributed by atoms with Crippen LogP contribution in [-0.2, 0) is 17.9 Å². The number of nitrogens with zero attached hydrogens (tertiary/aromatic N) is 4. The summed E-state index contributed by atoms with van der Waals surface area (Å²) in [6.07, 6.45) is 3.19. The number of hydrogen-bond donors (Lipinski definition) is 1. The highest BCUT2D eigenvalue weighted by Crippen LogP contribution is 2.05. The summed E-state index contributed by atoms with van der Waals surface area (Å²) in [5.41, 5.74) is 0. The van der Waals surface area contributed by atoms with Gasteiger partial charge in [-0.3, -0.25) is 9.69 Å². The van der Waals surface area contributed by atoms with Crippen LogP contribution in [0.5, 0.6) is 0 Å². The Bertz CT molecular complexity index is 401. The van der Waals surface area contributed by atoms with Crippen LogP contribution >= 0.6 is 0 Å². The van der Waals surface area contributed by atoms with Crippen molar-refractivity contribution in [2.75, 3.05) is 13.1 Å². The first-order valence-electron chi connectivity index (χ1n) is 5.94. The van der Waals surface area contributed by atoms with Gasteiger partial charge in [0.25, 0.3) is 0 Å². The standard InChI is InChI=1S/C12H20N4O2/c1-4-5-15(8-12(17)18)7-11-13-9-14-16(11)6-10(2)3/h4,9-10H,1,5-8H2,2-3H3,(H,17,18). The topological polar surface area (TPSA) is 71.2 Å². The molecule has 0 atom stereocenters. The monoisotopic (exact) mass is 252 g/mol. The first kappa shape index (κ1) is 14.4. The van der Waals surface area contributed by atoms with Crippen molar-refractivity contribution in [3.63, 3.8) is 0 Å². The molecule has 0 aliphatic carbocycles. The van der Waals surface area contributed by atoms with E-state index in [9.17, 15) is 4.79 Å². The lowest BCUT2D eigenvalue weighted by Crippen LogP contribution is -2.31. The Kier molecular flexibility index (Phi) is 5.51. The van der Waals surface area contributed by atoms with Crippen molar-refractivity contribution < 1.29 is 9.90 Å². The molecule has 6 nitrogen and oxygen atoms in total. The maximum absolute atomic E-state index is 10.8. The Labute approximate surface area is 107 Å². The summed E-state index contributed by atoms with van der Waals surface area (Å²) in [6.45, 7) is 9.57. The summed E-state index contributed by atoms with van der Waals surface area (Å²) in [5.74, 6) is 0.399. The molecule has 0 radical (unpaired) electrons. The van der Waals surface area contributed by atoms with E-state index in [1.165, 1.54) is 6.33 Å². The van der Waals surface area contributed by atoms with Gasteiger partial charge in [-0.15, -0.1) is 6.58 Å². The summed E-state index contributed by atoms with van der Waals surface area (Å²) in [5, 5.41) is 13.0. The molecule has 6 heteroatoms. The van der Waals surface area contributed by atoms with Gasteiger partial charge in [-0.2, -0.15) is 5.10 Å². The summed E-state index contributed by atoms with van der Waals surface area (Å²) in [7, 11) is 0. The predicted octanol–water partition coefficient (Wildman–Crippen LogP) is 1.01. The van der Waals surface area contributed by atoms with Crippen molar-refractivity contribution in [2.24, 2.45) is 5.92 Å². The van der Waals surface area contributed by atoms with E-state index in [1.807, 2.05) is 4.68 Å². The minimum Gasteiger partial charge on any atom is -0.480 e. The van der Waals surface area contributed by atoms with E-state index < -0.39 is 5.97 Å². The third-order valence-corrected chi connectivity index (χ3v) is 2.35. The zero-order valence-corrected chi connectivity index (χ0v) is 10.9. The molecule has 0 unspecified atom stereocenters. The first-order chi connectivity index (χ1) is 8.52. The minimum atomic E-state index is -0.855. The zero-order chi connectivity index (χ0) is 13.5. The van der Waals surface area contributed by atoms with Crippen LogP contribution in [0.4, 0.5) is 0 Å². The molecular formula is C12H20N4O2. The fourth-order valence-electron chi connectivity index (χ4n) is 1.67. The molecule has 0 aromatic carbocycles. The lowest BCUT2D eigenvalue weighted by Gasteiger charge is -2.18. The van der Waals surface area contributed by atoms with Gasteiger partial charge >= 0.3 is 5.97 Å². The fourth-order valence-corrected chi connectivity index (χ4v) is 1.67. The molecule has 0 saturated heterocycles. The normalized spacial score (nSPS) is 11.1. The van der Waals surface area contributed by atoms with Crippen molar-refractivity contribution in [3.8, 4) is 0 Å². The second-order valence-corrected chi connectivity index (χ2v) is 4.60. The van der Waals surface area contributed by atoms with Gasteiger partial charge in [-0.1, -0.05) is 19.9 Å². The van der Waals surface area contributed by atoms with Gasteiger partial charge in [0.1, 0.15) is 12.2 Å². The van der Waals surface area contributed by atoms with Gasteiger partial charge in [0, 0.05) is 13.1 Å². The van der Waals surface area contributed by atoms with Crippen molar-refractivity contribution in [1.82, 2.24) is 19.7 Å². The Morgan fingerprint density at radius 1 is 1.67 bits per heavy atom. The fraction of sp³-hybridized carbons (Fsp3) is 0.583. The van der Waals surface area contributed by atoms with E-state index in [-0.39, 0.29) is 6.54 Å². The van der Waals surface area contributed by atoms with Crippen LogP contribution in [0, 0.1) is 5.92 Å². The van der Waals surface area contributed by atoms with E-state index in [2.05, 4.69) is 30.5 Å². The lowest BCUT2D eigenvalue weighted by molar-refractivity contribution is -0.138. The highest BCUT2D eigenvalue weighted by atomic mass is 16.4. The number of aromatic nitrogens is 3. The number of carbonyl (C=O) groups is 1. The molecule has 100 valence electrons. The average Bonchev–Trinajstić information content (AvgIpc) is 2.64. The van der Waals surface area contributed by atoms with Gasteiger partial charge in [-0.05, 0) is 5.92 Å². The molecule has 0 aliphatic heterocycles. The number of carboxylic acids is 1. The molecular weight excluding hydrogens is 232 g/mol. The Balaban J connectivity index is 2.70. The highest BCUT2D eigenvalue weighted by molar-refractivity contribution is 5.69. The molecule has 0 fully saturated rings. The van der Waals surface area contributed by atoms with E-state index in [0.717, 1.165) is 12.4 Å². The van der Waals surface area contributed by atoms with E-state index >= 15 is 0 Å². The molecule has 1 aromatic rings. The third-order valence-electron chi connectivity index (χ3n) is 2.35. The highest BCUT2D eigenvalue weighted by Gasteiger charge is 2.13. The van der Waals surface area contributed by atoms with Crippen LogP contribution in [-0.4, -0.2) is 43.8 Å². The predicted molar refractivity (Wildman–Crippen MR) is 68.0 cm³/mol. The Morgan fingerprint density at radius 2 is 2.39 bits per heavy atom. The van der Waals surface area contributed by atoms with Crippen molar-refractivity contribution in [3.05, 3.63) is 24.8 Å². The van der Waals surface area contributed by atoms with Crippen molar-refractivity contribution in [1.29, 1.82) is 0 Å². The number of carboxylic acid groups (broad SMARTS) is 1. The Morgan fingerprint density at radius 3 is 2.94 bits per heavy atom. The quantitative estimate of drug-likeness (QED) is 0.699. The van der Waals surface area contributed by atoms with Gasteiger partial charge in [-0.25, -0.2) is 9.67 Å². The molecule has 0 saturated carbocycles. The Hall–Kier alpha value is -1.69. The molecule has 1 aromatic heterocycles. The average molecular weight is 252 g/mol. The molecule has 1 heterocycles. The van der Waals surface area contributed by atoms with E-state index in [0.29, 0.717) is 19.0 Å². The van der Waals surface area contributed by atoms with Crippen LogP contribution in [0.25, 0.3) is 0 Å². The third kappa shape index (κ3) is 4.67. The minimum absolute atomic E-state index is 0.0272. The molecule has 0 spiro atoms. The lowest BCUT2D eigenvalue weighted by atomic mass is 10.2. The van der Waals surface area contributed by atoms with Gasteiger partial charge in [0.15, 0.2) is 0 Å². The maximum atomic E-state index is 10.8. The number of hydrogen-bond acceptors (Lipinski definition) is 4. The molecule has 1 N–H and O–H groups in total. The summed E-state index contributed by atoms with van der Waals surface area (Å²) in [6, 6.07) is 0. The van der Waals surface area contributed by atoms with Gasteiger partial charge in [0.2, 0.25) is 0 Å². The second-order valence-electron chi connectivity index (χ2n) is 4.60. The molecule has 0 aliphatic rings. The number of aliphatic carboxylic acids is 1. The van der Waals surface area contributed by atoms with Crippen LogP contribution in [0.1, 0.15) is 19.7 Å². The summed E-state index contributed by atoms with van der Waals surface area (Å²) >= 11 is 0. The molecule has 1 rings (SSSR count). The SMILES string of the molecule is C=CCN(CC(=O)O)Cc1ncnn1CC(C)C. The molecule has 0 bridgehead atoms. The van der Waals surface area contributed by atoms with Gasteiger partial charge in [0.05, 0.1) is 13.1 Å². The smallest absolute Gasteiger partial charge is 0.317 e.